The Morgan fingerprint density at radius 2 is 2.15 bits per heavy atom. The number of nitrogens with zero attached hydrogens (tertiary/aromatic N) is 3. The van der Waals surface area contributed by atoms with Gasteiger partial charge in [-0.05, 0) is 19.1 Å². The first kappa shape index (κ1) is 14.2. The van der Waals surface area contributed by atoms with E-state index in [1.807, 2.05) is 14.0 Å². The van der Waals surface area contributed by atoms with Crippen LogP contribution in [0, 0.1) is 11.3 Å². The minimum atomic E-state index is 0.273. The Bertz CT molecular complexity index is 646. The minimum Gasteiger partial charge on any atom is -0.490 e. The zero-order valence-corrected chi connectivity index (χ0v) is 12.0. The summed E-state index contributed by atoms with van der Waals surface area (Å²) in [5.74, 6) is 1.83. The van der Waals surface area contributed by atoms with Crippen LogP contribution in [-0.4, -0.2) is 16.2 Å². The first-order valence-corrected chi connectivity index (χ1v) is 6.49. The average Bonchev–Trinajstić information content (AvgIpc) is 2.78. The summed E-state index contributed by atoms with van der Waals surface area (Å²) in [6.07, 6.45) is 1.57. The predicted molar refractivity (Wildman–Crippen MR) is 74.9 cm³/mol. The van der Waals surface area contributed by atoms with Crippen LogP contribution < -0.4 is 9.47 Å². The van der Waals surface area contributed by atoms with Crippen molar-refractivity contribution in [3.63, 3.8) is 0 Å². The zero-order valence-electron chi connectivity index (χ0n) is 11.3. The van der Waals surface area contributed by atoms with E-state index >= 15 is 0 Å². The molecule has 20 heavy (non-hydrogen) atoms. The fourth-order valence-corrected chi connectivity index (χ4v) is 1.81. The Kier molecular flexibility index (Phi) is 4.49. The highest BCUT2D eigenvalue weighted by Gasteiger charge is 2.09. The van der Waals surface area contributed by atoms with Crippen molar-refractivity contribution in [3.8, 4) is 17.6 Å². The Hall–Kier alpha value is -2.19. The highest BCUT2D eigenvalue weighted by atomic mass is 35.5. The molecule has 104 valence electrons. The number of benzene rings is 1. The number of halogens is 1. The van der Waals surface area contributed by atoms with Gasteiger partial charge in [0.25, 0.3) is 0 Å². The summed E-state index contributed by atoms with van der Waals surface area (Å²) in [5, 5.41) is 9.44. The van der Waals surface area contributed by atoms with E-state index in [9.17, 15) is 0 Å². The lowest BCUT2D eigenvalue weighted by molar-refractivity contribution is 0.261. The fraction of sp³-hybridized carbons (Fsp3) is 0.286. The molecule has 0 saturated heterocycles. The smallest absolute Gasteiger partial charge is 0.162 e. The van der Waals surface area contributed by atoms with E-state index in [4.69, 9.17) is 26.3 Å². The Morgan fingerprint density at radius 1 is 1.35 bits per heavy atom. The Balaban J connectivity index is 2.16. The van der Waals surface area contributed by atoms with Crippen LogP contribution in [0.5, 0.6) is 11.5 Å². The molecule has 2 rings (SSSR count). The molecule has 1 heterocycles. The molecule has 1 aromatic carbocycles. The lowest BCUT2D eigenvalue weighted by Gasteiger charge is -2.12. The number of nitriles is 1. The normalized spacial score (nSPS) is 10.1. The molecule has 0 aliphatic rings. The number of imidazole rings is 1. The van der Waals surface area contributed by atoms with Crippen molar-refractivity contribution in [2.24, 2.45) is 7.05 Å². The summed E-state index contributed by atoms with van der Waals surface area (Å²) < 4.78 is 12.9. The standard InChI is InChI=1S/C14H14ClN3O2/c1-3-19-12-6-10(7-16)4-5-11(12)20-9-14-17-8-13(15)18(14)2/h4-6,8H,3,9H2,1-2H3. The van der Waals surface area contributed by atoms with Crippen molar-refractivity contribution in [2.75, 3.05) is 6.61 Å². The summed E-state index contributed by atoms with van der Waals surface area (Å²) in [6.45, 7) is 2.65. The van der Waals surface area contributed by atoms with E-state index < -0.39 is 0 Å². The molecule has 0 fully saturated rings. The second kappa shape index (κ2) is 6.31. The van der Waals surface area contributed by atoms with Crippen LogP contribution in [0.1, 0.15) is 18.3 Å². The van der Waals surface area contributed by atoms with Crippen molar-refractivity contribution >= 4 is 11.6 Å². The van der Waals surface area contributed by atoms with Gasteiger partial charge in [-0.3, -0.25) is 0 Å². The summed E-state index contributed by atoms with van der Waals surface area (Å²) in [7, 11) is 1.82. The van der Waals surface area contributed by atoms with Gasteiger partial charge in [0.15, 0.2) is 11.5 Å². The lowest BCUT2D eigenvalue weighted by atomic mass is 10.2. The van der Waals surface area contributed by atoms with Crippen molar-refractivity contribution in [3.05, 3.63) is 40.9 Å². The maximum atomic E-state index is 8.89. The molecule has 0 amide bonds. The van der Waals surface area contributed by atoms with Gasteiger partial charge in [-0.2, -0.15) is 5.26 Å². The van der Waals surface area contributed by atoms with Crippen molar-refractivity contribution in [2.45, 2.75) is 13.5 Å². The molecule has 2 aromatic rings. The van der Waals surface area contributed by atoms with Crippen LogP contribution in [-0.2, 0) is 13.7 Å². The van der Waals surface area contributed by atoms with Gasteiger partial charge in [-0.15, -0.1) is 0 Å². The molecule has 6 heteroatoms. The summed E-state index contributed by atoms with van der Waals surface area (Å²) in [6, 6.07) is 7.13. The monoisotopic (exact) mass is 291 g/mol. The molecule has 5 nitrogen and oxygen atoms in total. The molecule has 0 atom stereocenters. The first-order valence-electron chi connectivity index (χ1n) is 6.11. The maximum Gasteiger partial charge on any atom is 0.162 e. The van der Waals surface area contributed by atoms with Crippen LogP contribution in [0.15, 0.2) is 24.4 Å². The second-order valence-corrected chi connectivity index (χ2v) is 4.44. The molecular weight excluding hydrogens is 278 g/mol. The summed E-state index contributed by atoms with van der Waals surface area (Å²) in [4.78, 5) is 4.15. The summed E-state index contributed by atoms with van der Waals surface area (Å²) in [5.41, 5.74) is 0.529. The van der Waals surface area contributed by atoms with Crippen LogP contribution in [0.4, 0.5) is 0 Å². The Labute approximate surface area is 122 Å². The fourth-order valence-electron chi connectivity index (χ4n) is 1.67. The van der Waals surface area contributed by atoms with Gasteiger partial charge in [-0.25, -0.2) is 4.98 Å². The maximum absolute atomic E-state index is 8.89. The zero-order chi connectivity index (χ0) is 14.5. The van der Waals surface area contributed by atoms with E-state index in [0.717, 1.165) is 0 Å². The van der Waals surface area contributed by atoms with E-state index in [0.29, 0.717) is 34.6 Å². The van der Waals surface area contributed by atoms with E-state index in [1.54, 1.807) is 29.0 Å². The van der Waals surface area contributed by atoms with E-state index in [-0.39, 0.29) is 6.61 Å². The molecule has 0 saturated carbocycles. The van der Waals surface area contributed by atoms with Gasteiger partial charge in [0.05, 0.1) is 24.4 Å². The van der Waals surface area contributed by atoms with E-state index in [2.05, 4.69) is 11.1 Å². The van der Waals surface area contributed by atoms with Crippen LogP contribution in [0.25, 0.3) is 0 Å². The van der Waals surface area contributed by atoms with Crippen molar-refractivity contribution in [1.82, 2.24) is 9.55 Å². The number of hydrogen-bond acceptors (Lipinski definition) is 4. The lowest BCUT2D eigenvalue weighted by Crippen LogP contribution is -2.05. The number of ether oxygens (including phenoxy) is 2. The highest BCUT2D eigenvalue weighted by molar-refractivity contribution is 6.29. The molecule has 0 unspecified atom stereocenters. The molecule has 0 aliphatic heterocycles. The SMILES string of the molecule is CCOc1cc(C#N)ccc1OCc1ncc(Cl)n1C. The number of rotatable bonds is 5. The topological polar surface area (TPSA) is 60.1 Å². The number of aromatic nitrogens is 2. The molecule has 0 radical (unpaired) electrons. The van der Waals surface area contributed by atoms with Gasteiger partial charge >= 0.3 is 0 Å². The van der Waals surface area contributed by atoms with Gasteiger partial charge in [0.2, 0.25) is 0 Å². The van der Waals surface area contributed by atoms with Gasteiger partial charge in [-0.1, -0.05) is 11.6 Å². The van der Waals surface area contributed by atoms with Crippen molar-refractivity contribution < 1.29 is 9.47 Å². The average molecular weight is 292 g/mol. The molecule has 0 bridgehead atoms. The third-order valence-corrected chi connectivity index (χ3v) is 3.11. The van der Waals surface area contributed by atoms with E-state index in [1.165, 1.54) is 0 Å². The minimum absolute atomic E-state index is 0.273. The first-order chi connectivity index (χ1) is 9.65. The molecular formula is C14H14ClN3O2. The molecule has 1 aromatic heterocycles. The number of hydrogen-bond donors (Lipinski definition) is 0. The van der Waals surface area contributed by atoms with Crippen LogP contribution in [0.3, 0.4) is 0 Å². The van der Waals surface area contributed by atoms with Gasteiger partial charge in [0.1, 0.15) is 17.6 Å². The van der Waals surface area contributed by atoms with Crippen LogP contribution >= 0.6 is 11.6 Å². The van der Waals surface area contributed by atoms with Crippen molar-refractivity contribution in [1.29, 1.82) is 5.26 Å². The predicted octanol–water partition coefficient (Wildman–Crippen LogP) is 2.92. The quantitative estimate of drug-likeness (QED) is 0.850. The Morgan fingerprint density at radius 3 is 2.75 bits per heavy atom. The summed E-state index contributed by atoms with van der Waals surface area (Å²) >= 11 is 5.92. The molecule has 0 spiro atoms. The molecule has 0 N–H and O–H groups in total. The third kappa shape index (κ3) is 3.03. The molecule has 0 aliphatic carbocycles. The van der Waals surface area contributed by atoms with Crippen LogP contribution in [0.2, 0.25) is 5.15 Å². The third-order valence-electron chi connectivity index (χ3n) is 2.76. The van der Waals surface area contributed by atoms with Gasteiger partial charge < -0.3 is 14.0 Å². The second-order valence-electron chi connectivity index (χ2n) is 4.05. The highest BCUT2D eigenvalue weighted by Crippen LogP contribution is 2.29. The van der Waals surface area contributed by atoms with Gasteiger partial charge in [0, 0.05) is 13.1 Å². The largest absolute Gasteiger partial charge is 0.490 e.